The van der Waals surface area contributed by atoms with E-state index in [1.54, 1.807) is 0 Å². The van der Waals surface area contributed by atoms with Crippen molar-refractivity contribution in [3.63, 3.8) is 0 Å². The van der Waals surface area contributed by atoms with Crippen molar-refractivity contribution >= 4 is 11.8 Å². The van der Waals surface area contributed by atoms with Gasteiger partial charge >= 0.3 is 0 Å². The monoisotopic (exact) mass is 243 g/mol. The van der Waals surface area contributed by atoms with Gasteiger partial charge in [0.2, 0.25) is 0 Å². The van der Waals surface area contributed by atoms with Gasteiger partial charge in [-0.15, -0.1) is 0 Å². The lowest BCUT2D eigenvalue weighted by Gasteiger charge is -2.27. The lowest BCUT2D eigenvalue weighted by atomic mass is 9.92. The Balaban J connectivity index is 2.41. The van der Waals surface area contributed by atoms with E-state index in [0.717, 1.165) is 17.2 Å². The number of rotatable bonds is 8. The molecule has 0 saturated carbocycles. The Kier molecular flexibility index (Phi) is 7.55. The molecule has 0 aromatic carbocycles. The number of thioether (sulfide) groups is 1. The third kappa shape index (κ3) is 4.67. The van der Waals surface area contributed by atoms with Crippen molar-refractivity contribution in [2.75, 3.05) is 12.3 Å². The Morgan fingerprint density at radius 2 is 2.00 bits per heavy atom. The topological polar surface area (TPSA) is 12.0 Å². The summed E-state index contributed by atoms with van der Waals surface area (Å²) < 4.78 is 0. The molecule has 2 heteroatoms. The minimum absolute atomic E-state index is 0.775. The van der Waals surface area contributed by atoms with Crippen molar-refractivity contribution in [2.24, 2.45) is 5.92 Å². The molecule has 0 amide bonds. The quantitative estimate of drug-likeness (QED) is 0.689. The summed E-state index contributed by atoms with van der Waals surface area (Å²) in [5, 5.41) is 4.69. The van der Waals surface area contributed by atoms with Crippen LogP contribution >= 0.6 is 11.8 Å². The summed E-state index contributed by atoms with van der Waals surface area (Å²) in [6, 6.07) is 0.775. The van der Waals surface area contributed by atoms with E-state index in [9.17, 15) is 0 Å². The molecule has 0 bridgehead atoms. The van der Waals surface area contributed by atoms with Gasteiger partial charge in [-0.1, -0.05) is 33.6 Å². The van der Waals surface area contributed by atoms with Gasteiger partial charge < -0.3 is 5.32 Å². The Labute approximate surface area is 106 Å². The summed E-state index contributed by atoms with van der Waals surface area (Å²) in [5.74, 6) is 2.31. The first kappa shape index (κ1) is 14.4. The first-order chi connectivity index (χ1) is 7.81. The van der Waals surface area contributed by atoms with Crippen LogP contribution in [-0.2, 0) is 0 Å². The molecular formula is C14H29NS. The van der Waals surface area contributed by atoms with Crippen molar-refractivity contribution in [3.05, 3.63) is 0 Å². The molecule has 1 nitrogen and oxygen atoms in total. The van der Waals surface area contributed by atoms with Gasteiger partial charge in [0.1, 0.15) is 0 Å². The number of hydrogen-bond acceptors (Lipinski definition) is 2. The third-order valence-corrected chi connectivity index (χ3v) is 5.33. The highest BCUT2D eigenvalue weighted by molar-refractivity contribution is 8.00. The fraction of sp³-hybridized carbons (Fsp3) is 1.00. The molecule has 1 fully saturated rings. The molecular weight excluding hydrogens is 214 g/mol. The zero-order valence-electron chi connectivity index (χ0n) is 11.3. The van der Waals surface area contributed by atoms with E-state index in [2.05, 4.69) is 37.8 Å². The van der Waals surface area contributed by atoms with Gasteiger partial charge in [0.25, 0.3) is 0 Å². The van der Waals surface area contributed by atoms with Crippen LogP contribution in [0.1, 0.15) is 59.3 Å². The molecule has 0 aromatic rings. The average molecular weight is 243 g/mol. The highest BCUT2D eigenvalue weighted by Crippen LogP contribution is 2.32. The summed E-state index contributed by atoms with van der Waals surface area (Å²) in [5.41, 5.74) is 0. The maximum absolute atomic E-state index is 3.79. The van der Waals surface area contributed by atoms with E-state index >= 15 is 0 Å². The van der Waals surface area contributed by atoms with E-state index in [-0.39, 0.29) is 0 Å². The van der Waals surface area contributed by atoms with Crippen LogP contribution in [0.15, 0.2) is 0 Å². The van der Waals surface area contributed by atoms with Gasteiger partial charge in [-0.2, -0.15) is 11.8 Å². The van der Waals surface area contributed by atoms with Crippen LogP contribution in [0.3, 0.4) is 0 Å². The highest BCUT2D eigenvalue weighted by Gasteiger charge is 2.26. The zero-order valence-corrected chi connectivity index (χ0v) is 12.1. The van der Waals surface area contributed by atoms with Gasteiger partial charge in [0.05, 0.1) is 0 Å². The van der Waals surface area contributed by atoms with E-state index in [1.165, 1.54) is 50.8 Å². The second-order valence-electron chi connectivity index (χ2n) is 5.03. The minimum Gasteiger partial charge on any atom is -0.313 e. The fourth-order valence-corrected chi connectivity index (χ4v) is 4.01. The molecule has 96 valence electrons. The van der Waals surface area contributed by atoms with Crippen LogP contribution < -0.4 is 5.32 Å². The Morgan fingerprint density at radius 3 is 2.50 bits per heavy atom. The predicted molar refractivity (Wildman–Crippen MR) is 76.3 cm³/mol. The second kappa shape index (κ2) is 8.41. The van der Waals surface area contributed by atoms with E-state index in [1.807, 2.05) is 0 Å². The molecule has 1 aliphatic heterocycles. The zero-order chi connectivity index (χ0) is 11.8. The van der Waals surface area contributed by atoms with Crippen LogP contribution in [0.4, 0.5) is 0 Å². The first-order valence-corrected chi connectivity index (χ1v) is 8.21. The molecule has 1 saturated heterocycles. The number of nitrogens with one attached hydrogen (secondary N) is 1. The summed E-state index contributed by atoms with van der Waals surface area (Å²) in [6.07, 6.45) is 8.21. The molecule has 16 heavy (non-hydrogen) atoms. The smallest absolute Gasteiger partial charge is 0.0201 e. The molecule has 1 N–H and O–H groups in total. The highest BCUT2D eigenvalue weighted by atomic mass is 32.2. The van der Waals surface area contributed by atoms with Gasteiger partial charge in [-0.3, -0.25) is 0 Å². The molecule has 2 unspecified atom stereocenters. The predicted octanol–water partition coefficient (Wildman–Crippen LogP) is 4.08. The van der Waals surface area contributed by atoms with E-state index in [4.69, 9.17) is 0 Å². The molecule has 0 aromatic heterocycles. The fourth-order valence-electron chi connectivity index (χ4n) is 2.60. The SMILES string of the molecule is CCCNC(CC(CC)CC)C1CCCS1. The third-order valence-electron chi connectivity index (χ3n) is 3.81. The maximum Gasteiger partial charge on any atom is 0.0201 e. The number of hydrogen-bond donors (Lipinski definition) is 1. The summed E-state index contributed by atoms with van der Waals surface area (Å²) in [7, 11) is 0. The van der Waals surface area contributed by atoms with Gasteiger partial charge in [0, 0.05) is 11.3 Å². The molecule has 1 rings (SSSR count). The Morgan fingerprint density at radius 1 is 1.25 bits per heavy atom. The minimum atomic E-state index is 0.775. The normalized spacial score (nSPS) is 22.9. The van der Waals surface area contributed by atoms with Gasteiger partial charge in [-0.25, -0.2) is 0 Å². The van der Waals surface area contributed by atoms with Crippen LogP contribution in [0.2, 0.25) is 0 Å². The van der Waals surface area contributed by atoms with Crippen LogP contribution in [0.25, 0.3) is 0 Å². The van der Waals surface area contributed by atoms with Gasteiger partial charge in [-0.05, 0) is 43.9 Å². The maximum atomic E-state index is 3.79. The standard InChI is InChI=1S/C14H29NS/c1-4-9-15-13(11-12(5-2)6-3)14-8-7-10-16-14/h12-15H,4-11H2,1-3H3. The lowest BCUT2D eigenvalue weighted by Crippen LogP contribution is -2.39. The summed E-state index contributed by atoms with van der Waals surface area (Å²) in [4.78, 5) is 0. The van der Waals surface area contributed by atoms with E-state index in [0.29, 0.717) is 0 Å². The van der Waals surface area contributed by atoms with Crippen molar-refractivity contribution in [1.29, 1.82) is 0 Å². The Hall–Kier alpha value is 0.310. The first-order valence-electron chi connectivity index (χ1n) is 7.16. The second-order valence-corrected chi connectivity index (χ2v) is 6.38. The van der Waals surface area contributed by atoms with E-state index < -0.39 is 0 Å². The van der Waals surface area contributed by atoms with Crippen LogP contribution in [0.5, 0.6) is 0 Å². The average Bonchev–Trinajstić information content (AvgIpc) is 2.83. The van der Waals surface area contributed by atoms with Crippen LogP contribution in [-0.4, -0.2) is 23.6 Å². The van der Waals surface area contributed by atoms with Crippen LogP contribution in [0, 0.1) is 5.92 Å². The Bertz CT molecular complexity index is 162. The molecule has 0 radical (unpaired) electrons. The molecule has 1 heterocycles. The lowest BCUT2D eigenvalue weighted by molar-refractivity contribution is 0.355. The molecule has 1 aliphatic rings. The molecule has 2 atom stereocenters. The van der Waals surface area contributed by atoms with Crippen molar-refractivity contribution in [2.45, 2.75) is 70.6 Å². The van der Waals surface area contributed by atoms with Crippen molar-refractivity contribution in [1.82, 2.24) is 5.32 Å². The molecule has 0 aliphatic carbocycles. The van der Waals surface area contributed by atoms with Gasteiger partial charge in [0.15, 0.2) is 0 Å². The largest absolute Gasteiger partial charge is 0.313 e. The van der Waals surface area contributed by atoms with Crippen molar-refractivity contribution in [3.8, 4) is 0 Å². The molecule has 0 spiro atoms. The summed E-state index contributed by atoms with van der Waals surface area (Å²) in [6.45, 7) is 8.14. The van der Waals surface area contributed by atoms with Crippen molar-refractivity contribution < 1.29 is 0 Å². The summed E-state index contributed by atoms with van der Waals surface area (Å²) >= 11 is 2.20.